The van der Waals surface area contributed by atoms with Gasteiger partial charge in [0.15, 0.2) is 0 Å². The molecule has 3 rings (SSSR count). The maximum absolute atomic E-state index is 12.5. The molecule has 0 saturated carbocycles. The first-order chi connectivity index (χ1) is 12.3. The van der Waals surface area contributed by atoms with Gasteiger partial charge in [-0.15, -0.1) is 0 Å². The second-order valence-corrected chi connectivity index (χ2v) is 8.64. The van der Waals surface area contributed by atoms with Crippen molar-refractivity contribution in [2.75, 3.05) is 18.8 Å². The van der Waals surface area contributed by atoms with Gasteiger partial charge in [-0.25, -0.2) is 13.1 Å². The third-order valence-electron chi connectivity index (χ3n) is 4.47. The van der Waals surface area contributed by atoms with Crippen LogP contribution in [0.5, 0.6) is 0 Å². The summed E-state index contributed by atoms with van der Waals surface area (Å²) < 4.78 is 30.6. The summed E-state index contributed by atoms with van der Waals surface area (Å²) in [5, 5.41) is 8.05. The molecule has 1 N–H and O–H groups in total. The summed E-state index contributed by atoms with van der Waals surface area (Å²) in [5.41, 5.74) is 1.35. The molecule has 1 fully saturated rings. The molecule has 142 valence electrons. The Morgan fingerprint density at radius 2 is 1.96 bits per heavy atom. The summed E-state index contributed by atoms with van der Waals surface area (Å²) in [5.74, 6) is -0.149. The largest absolute Gasteiger partial charge is 0.338 e. The van der Waals surface area contributed by atoms with Crippen LogP contribution in [0.15, 0.2) is 24.8 Å². The molecule has 1 amide bonds. The van der Waals surface area contributed by atoms with E-state index < -0.39 is 10.0 Å². The number of nitrogens with one attached hydrogen (secondary N) is 1. The first-order valence-corrected chi connectivity index (χ1v) is 10.2. The fourth-order valence-corrected chi connectivity index (χ4v) is 4.62. The fraction of sp³-hybridized carbons (Fsp3) is 0.562. The second-order valence-electron chi connectivity index (χ2n) is 6.79. The van der Waals surface area contributed by atoms with E-state index in [2.05, 4.69) is 14.9 Å². The zero-order chi connectivity index (χ0) is 18.7. The molecule has 2 aromatic rings. The van der Waals surface area contributed by atoms with E-state index in [0.717, 1.165) is 18.4 Å². The molecule has 0 spiro atoms. The number of rotatable bonds is 6. The van der Waals surface area contributed by atoms with Gasteiger partial charge >= 0.3 is 0 Å². The van der Waals surface area contributed by atoms with Gasteiger partial charge in [0.25, 0.3) is 5.91 Å². The van der Waals surface area contributed by atoms with Crippen molar-refractivity contribution in [2.24, 2.45) is 20.0 Å². The van der Waals surface area contributed by atoms with E-state index in [-0.39, 0.29) is 24.1 Å². The lowest BCUT2D eigenvalue weighted by Crippen LogP contribution is -2.43. The standard InChI is InChI=1S/C16H24N6O3S/c1-20-9-14(6-17-20)7-19-26(24,25)12-13-4-3-5-22(10-13)16(23)15-8-18-21(2)11-15/h6,8-9,11,13,19H,3-5,7,10,12H2,1-2H3/t13-/m1/s1. The highest BCUT2D eigenvalue weighted by Crippen LogP contribution is 2.20. The highest BCUT2D eigenvalue weighted by molar-refractivity contribution is 7.89. The number of likely N-dealkylation sites (tertiary alicyclic amines) is 1. The Kier molecular flexibility index (Phi) is 5.42. The van der Waals surface area contributed by atoms with Crippen LogP contribution in [0.3, 0.4) is 0 Å². The van der Waals surface area contributed by atoms with Gasteiger partial charge in [-0.2, -0.15) is 10.2 Å². The SMILES string of the molecule is Cn1cc(CNS(=O)(=O)C[C@@H]2CCCN(C(=O)c3cnn(C)c3)C2)cn1. The Balaban J connectivity index is 1.56. The zero-order valence-electron chi connectivity index (χ0n) is 15.0. The van der Waals surface area contributed by atoms with E-state index in [1.54, 1.807) is 46.9 Å². The number of hydrogen-bond acceptors (Lipinski definition) is 5. The van der Waals surface area contributed by atoms with Crippen molar-refractivity contribution in [1.29, 1.82) is 0 Å². The summed E-state index contributed by atoms with van der Waals surface area (Å²) in [6.45, 7) is 1.32. The predicted octanol–water partition coefficient (Wildman–Crippen LogP) is 0.125. The summed E-state index contributed by atoms with van der Waals surface area (Å²) >= 11 is 0. The number of nitrogens with zero attached hydrogens (tertiary/aromatic N) is 5. The molecule has 1 atom stereocenters. The van der Waals surface area contributed by atoms with E-state index in [9.17, 15) is 13.2 Å². The normalized spacial score (nSPS) is 18.2. The van der Waals surface area contributed by atoms with Gasteiger partial charge in [-0.3, -0.25) is 14.2 Å². The molecule has 0 unspecified atom stereocenters. The maximum Gasteiger partial charge on any atom is 0.257 e. The molecule has 1 aliphatic heterocycles. The lowest BCUT2D eigenvalue weighted by Gasteiger charge is -2.32. The van der Waals surface area contributed by atoms with Crippen molar-refractivity contribution in [1.82, 2.24) is 29.2 Å². The van der Waals surface area contributed by atoms with Gasteiger partial charge in [0.1, 0.15) is 0 Å². The minimum Gasteiger partial charge on any atom is -0.338 e. The smallest absolute Gasteiger partial charge is 0.257 e. The van der Waals surface area contributed by atoms with E-state index >= 15 is 0 Å². The Labute approximate surface area is 153 Å². The van der Waals surface area contributed by atoms with Crippen LogP contribution in [0.1, 0.15) is 28.8 Å². The quantitative estimate of drug-likeness (QED) is 0.767. The molecule has 0 aromatic carbocycles. The molecule has 0 aliphatic carbocycles. The number of aromatic nitrogens is 4. The Morgan fingerprint density at radius 1 is 1.23 bits per heavy atom. The Hall–Kier alpha value is -2.20. The van der Waals surface area contributed by atoms with Crippen molar-refractivity contribution >= 4 is 15.9 Å². The molecule has 0 bridgehead atoms. The molecule has 10 heteroatoms. The molecule has 26 heavy (non-hydrogen) atoms. The molecule has 3 heterocycles. The van der Waals surface area contributed by atoms with Crippen LogP contribution in [-0.4, -0.2) is 57.6 Å². The average Bonchev–Trinajstić information content (AvgIpc) is 3.21. The number of hydrogen-bond donors (Lipinski definition) is 1. The minimum atomic E-state index is -3.42. The molecular weight excluding hydrogens is 356 g/mol. The zero-order valence-corrected chi connectivity index (χ0v) is 15.8. The number of piperidine rings is 1. The van der Waals surface area contributed by atoms with Gasteiger partial charge in [-0.1, -0.05) is 0 Å². The maximum atomic E-state index is 12.5. The number of carbonyl (C=O) groups is 1. The van der Waals surface area contributed by atoms with Crippen molar-refractivity contribution in [3.05, 3.63) is 35.9 Å². The van der Waals surface area contributed by atoms with Crippen molar-refractivity contribution in [2.45, 2.75) is 19.4 Å². The first kappa shape index (κ1) is 18.6. The van der Waals surface area contributed by atoms with Crippen LogP contribution in [0.4, 0.5) is 0 Å². The second kappa shape index (κ2) is 7.58. The van der Waals surface area contributed by atoms with Crippen molar-refractivity contribution in [3.8, 4) is 0 Å². The fourth-order valence-electron chi connectivity index (χ4n) is 3.23. The summed E-state index contributed by atoms with van der Waals surface area (Å²) in [7, 11) is 0.125. The lowest BCUT2D eigenvalue weighted by molar-refractivity contribution is 0.0684. The third-order valence-corrected chi connectivity index (χ3v) is 5.96. The minimum absolute atomic E-state index is 0.0179. The third kappa shape index (κ3) is 4.70. The number of aryl methyl sites for hydroxylation is 2. The van der Waals surface area contributed by atoms with Crippen LogP contribution in [0.2, 0.25) is 0 Å². The number of amides is 1. The monoisotopic (exact) mass is 380 g/mol. The van der Waals surface area contributed by atoms with Crippen LogP contribution in [-0.2, 0) is 30.7 Å². The topological polar surface area (TPSA) is 102 Å². The lowest BCUT2D eigenvalue weighted by atomic mass is 9.99. The number of sulfonamides is 1. The Morgan fingerprint density at radius 3 is 2.62 bits per heavy atom. The van der Waals surface area contributed by atoms with Gasteiger partial charge in [0.05, 0.1) is 23.7 Å². The summed E-state index contributed by atoms with van der Waals surface area (Å²) in [4.78, 5) is 14.3. The molecule has 2 aromatic heterocycles. The summed E-state index contributed by atoms with van der Waals surface area (Å²) in [6.07, 6.45) is 8.23. The predicted molar refractivity (Wildman–Crippen MR) is 95.7 cm³/mol. The highest BCUT2D eigenvalue weighted by atomic mass is 32.2. The van der Waals surface area contributed by atoms with Crippen LogP contribution in [0, 0.1) is 5.92 Å². The number of carbonyl (C=O) groups excluding carboxylic acids is 1. The molecule has 1 saturated heterocycles. The van der Waals surface area contributed by atoms with Crippen LogP contribution >= 0.6 is 0 Å². The van der Waals surface area contributed by atoms with E-state index in [1.807, 2.05) is 0 Å². The van der Waals surface area contributed by atoms with Gasteiger partial charge in [0.2, 0.25) is 10.0 Å². The first-order valence-electron chi connectivity index (χ1n) is 8.55. The molecular formula is C16H24N6O3S. The van der Waals surface area contributed by atoms with E-state index in [4.69, 9.17) is 0 Å². The van der Waals surface area contributed by atoms with E-state index in [0.29, 0.717) is 18.7 Å². The van der Waals surface area contributed by atoms with Crippen molar-refractivity contribution in [3.63, 3.8) is 0 Å². The molecule has 0 radical (unpaired) electrons. The molecule has 1 aliphatic rings. The van der Waals surface area contributed by atoms with Gasteiger partial charge in [0, 0.05) is 51.7 Å². The Bertz CT molecular complexity index is 872. The van der Waals surface area contributed by atoms with E-state index in [1.165, 1.54) is 6.20 Å². The van der Waals surface area contributed by atoms with Crippen LogP contribution in [0.25, 0.3) is 0 Å². The highest BCUT2D eigenvalue weighted by Gasteiger charge is 2.28. The molecule has 9 nitrogen and oxygen atoms in total. The van der Waals surface area contributed by atoms with Crippen molar-refractivity contribution < 1.29 is 13.2 Å². The average molecular weight is 380 g/mol. The summed E-state index contributed by atoms with van der Waals surface area (Å²) in [6, 6.07) is 0. The van der Waals surface area contributed by atoms with Gasteiger partial charge < -0.3 is 4.90 Å². The van der Waals surface area contributed by atoms with Crippen LogP contribution < -0.4 is 4.72 Å². The van der Waals surface area contributed by atoms with Gasteiger partial charge in [-0.05, 0) is 18.8 Å².